The number of ether oxygens (including phenoxy) is 1. The Labute approximate surface area is 108 Å². The van der Waals surface area contributed by atoms with E-state index in [1.165, 1.54) is 0 Å². The Morgan fingerprint density at radius 2 is 2.00 bits per heavy atom. The molecular weight excluding hydrogens is 232 g/mol. The second-order valence-corrected chi connectivity index (χ2v) is 4.30. The van der Waals surface area contributed by atoms with Gasteiger partial charge in [-0.05, 0) is 19.8 Å². The molecule has 0 saturated carbocycles. The van der Waals surface area contributed by atoms with E-state index in [2.05, 4.69) is 10.6 Å². The predicted molar refractivity (Wildman–Crippen MR) is 68.9 cm³/mol. The molecule has 0 unspecified atom stereocenters. The number of carbonyl (C=O) groups excluding carboxylic acids is 2. The monoisotopic (exact) mass is 254 g/mol. The summed E-state index contributed by atoms with van der Waals surface area (Å²) in [5.74, 6) is -0.327. The van der Waals surface area contributed by atoms with Gasteiger partial charge in [0.15, 0.2) is 0 Å². The average molecular weight is 254 g/mol. The minimum Gasteiger partial charge on any atom is -0.463 e. The molecule has 0 aromatic heterocycles. The zero-order valence-corrected chi connectivity index (χ0v) is 11.3. The number of hydrogen-bond acceptors (Lipinski definition) is 3. The highest BCUT2D eigenvalue weighted by Crippen LogP contribution is 2.20. The van der Waals surface area contributed by atoms with Crippen molar-refractivity contribution in [2.75, 3.05) is 6.61 Å². The van der Waals surface area contributed by atoms with Crippen LogP contribution >= 0.6 is 0 Å². The molecule has 2 N–H and O–H groups in total. The number of carbonyl (C=O) groups is 2. The molecule has 0 radical (unpaired) electrons. The van der Waals surface area contributed by atoms with E-state index >= 15 is 0 Å². The van der Waals surface area contributed by atoms with Gasteiger partial charge in [0.05, 0.1) is 18.2 Å². The van der Waals surface area contributed by atoms with Crippen LogP contribution in [0.5, 0.6) is 0 Å². The van der Waals surface area contributed by atoms with Crippen LogP contribution in [0.4, 0.5) is 4.79 Å². The maximum absolute atomic E-state index is 12.0. The molecule has 5 nitrogen and oxygen atoms in total. The first kappa shape index (κ1) is 14.5. The van der Waals surface area contributed by atoms with Crippen molar-refractivity contribution in [3.05, 3.63) is 11.3 Å². The summed E-state index contributed by atoms with van der Waals surface area (Å²) in [7, 11) is 0. The highest BCUT2D eigenvalue weighted by atomic mass is 16.5. The van der Waals surface area contributed by atoms with Crippen molar-refractivity contribution in [1.82, 2.24) is 10.6 Å². The number of rotatable bonds is 6. The fourth-order valence-electron chi connectivity index (χ4n) is 2.11. The van der Waals surface area contributed by atoms with Gasteiger partial charge in [0, 0.05) is 5.70 Å². The zero-order valence-electron chi connectivity index (χ0n) is 11.3. The van der Waals surface area contributed by atoms with Gasteiger partial charge in [-0.15, -0.1) is 0 Å². The van der Waals surface area contributed by atoms with Crippen molar-refractivity contribution >= 4 is 12.0 Å². The van der Waals surface area contributed by atoms with Gasteiger partial charge in [0.2, 0.25) is 0 Å². The third kappa shape index (κ3) is 3.48. The normalized spacial score (nSPS) is 19.3. The molecule has 18 heavy (non-hydrogen) atoms. The van der Waals surface area contributed by atoms with E-state index in [4.69, 9.17) is 4.74 Å². The summed E-state index contributed by atoms with van der Waals surface area (Å²) in [5.41, 5.74) is 1.29. The first-order chi connectivity index (χ1) is 8.63. The lowest BCUT2D eigenvalue weighted by Crippen LogP contribution is -2.50. The molecule has 0 fully saturated rings. The van der Waals surface area contributed by atoms with E-state index in [1.807, 2.05) is 13.8 Å². The largest absolute Gasteiger partial charge is 0.463 e. The molecule has 0 aromatic rings. The van der Waals surface area contributed by atoms with E-state index < -0.39 is 0 Å². The van der Waals surface area contributed by atoms with E-state index in [-0.39, 0.29) is 18.0 Å². The Balaban J connectivity index is 3.04. The van der Waals surface area contributed by atoms with Crippen molar-refractivity contribution in [2.45, 2.75) is 52.5 Å². The standard InChI is InChI=1S/C13H22N2O3/c1-4-7-9-11(12(16)18-6-3)10(8-5-2)15-13(17)14-9/h9H,4-8H2,1-3H3,(H2,14,15,17)/t9-/m0/s1. The van der Waals surface area contributed by atoms with Crippen LogP contribution in [0.15, 0.2) is 11.3 Å². The highest BCUT2D eigenvalue weighted by molar-refractivity contribution is 5.94. The highest BCUT2D eigenvalue weighted by Gasteiger charge is 2.31. The quantitative estimate of drug-likeness (QED) is 0.713. The van der Waals surface area contributed by atoms with Gasteiger partial charge >= 0.3 is 12.0 Å². The number of hydrogen-bond donors (Lipinski definition) is 2. The van der Waals surface area contributed by atoms with Crippen molar-refractivity contribution in [1.29, 1.82) is 0 Å². The lowest BCUT2D eigenvalue weighted by molar-refractivity contribution is -0.139. The van der Waals surface area contributed by atoms with Crippen LogP contribution in [0.2, 0.25) is 0 Å². The summed E-state index contributed by atoms with van der Waals surface area (Å²) in [4.78, 5) is 23.6. The number of allylic oxidation sites excluding steroid dienone is 1. The van der Waals surface area contributed by atoms with Crippen molar-refractivity contribution < 1.29 is 14.3 Å². The lowest BCUT2D eigenvalue weighted by atomic mass is 9.96. The number of urea groups is 1. The Bertz CT molecular complexity index is 350. The lowest BCUT2D eigenvalue weighted by Gasteiger charge is -2.28. The van der Waals surface area contributed by atoms with Crippen LogP contribution in [0.25, 0.3) is 0 Å². The van der Waals surface area contributed by atoms with Crippen LogP contribution in [0, 0.1) is 0 Å². The maximum atomic E-state index is 12.0. The van der Waals surface area contributed by atoms with Crippen LogP contribution in [0.1, 0.15) is 46.5 Å². The Morgan fingerprint density at radius 3 is 2.56 bits per heavy atom. The van der Waals surface area contributed by atoms with E-state index in [9.17, 15) is 9.59 Å². The summed E-state index contributed by atoms with van der Waals surface area (Å²) in [6.07, 6.45) is 3.20. The molecule has 1 aliphatic rings. The second kappa shape index (κ2) is 7.03. The van der Waals surface area contributed by atoms with E-state index in [0.29, 0.717) is 24.3 Å². The van der Waals surface area contributed by atoms with Crippen molar-refractivity contribution in [3.8, 4) is 0 Å². The first-order valence-electron chi connectivity index (χ1n) is 6.61. The predicted octanol–water partition coefficient (Wildman–Crippen LogP) is 2.09. The topological polar surface area (TPSA) is 67.4 Å². The van der Waals surface area contributed by atoms with Gasteiger partial charge < -0.3 is 15.4 Å². The van der Waals surface area contributed by atoms with Crippen molar-refractivity contribution in [3.63, 3.8) is 0 Å². The number of esters is 1. The fourth-order valence-corrected chi connectivity index (χ4v) is 2.11. The molecule has 1 rings (SSSR count). The minimum atomic E-state index is -0.327. The van der Waals surface area contributed by atoms with Gasteiger partial charge in [-0.25, -0.2) is 9.59 Å². The summed E-state index contributed by atoms with van der Waals surface area (Å²) in [6, 6.07) is -0.464. The summed E-state index contributed by atoms with van der Waals surface area (Å²) in [5, 5.41) is 5.51. The van der Waals surface area contributed by atoms with Crippen LogP contribution in [-0.2, 0) is 9.53 Å². The van der Waals surface area contributed by atoms with Crippen LogP contribution in [0.3, 0.4) is 0 Å². The Hall–Kier alpha value is -1.52. The molecule has 1 aliphatic heterocycles. The molecule has 1 heterocycles. The zero-order chi connectivity index (χ0) is 13.5. The van der Waals surface area contributed by atoms with E-state index in [0.717, 1.165) is 19.3 Å². The molecule has 1 atom stereocenters. The third-order valence-corrected chi connectivity index (χ3v) is 2.82. The molecule has 102 valence electrons. The van der Waals surface area contributed by atoms with Gasteiger partial charge in [-0.3, -0.25) is 0 Å². The number of nitrogens with one attached hydrogen (secondary N) is 2. The summed E-state index contributed by atoms with van der Waals surface area (Å²) < 4.78 is 5.08. The number of amides is 2. The van der Waals surface area contributed by atoms with Gasteiger partial charge in [0.25, 0.3) is 0 Å². The van der Waals surface area contributed by atoms with E-state index in [1.54, 1.807) is 6.92 Å². The van der Waals surface area contributed by atoms with Gasteiger partial charge in [-0.2, -0.15) is 0 Å². The van der Waals surface area contributed by atoms with Crippen molar-refractivity contribution in [2.24, 2.45) is 0 Å². The SMILES string of the molecule is CCCC1=C(C(=O)OCC)[C@H](CCC)NC(=O)N1. The molecule has 0 aliphatic carbocycles. The molecular formula is C13H22N2O3. The molecule has 0 aromatic carbocycles. The molecule has 0 bridgehead atoms. The third-order valence-electron chi connectivity index (χ3n) is 2.82. The summed E-state index contributed by atoms with van der Waals surface area (Å²) >= 11 is 0. The maximum Gasteiger partial charge on any atom is 0.337 e. The average Bonchev–Trinajstić information content (AvgIpc) is 2.29. The Kier molecular flexibility index (Phi) is 5.68. The molecule has 5 heteroatoms. The smallest absolute Gasteiger partial charge is 0.337 e. The van der Waals surface area contributed by atoms with Crippen LogP contribution < -0.4 is 10.6 Å². The minimum absolute atomic E-state index is 0.232. The van der Waals surface area contributed by atoms with Gasteiger partial charge in [-0.1, -0.05) is 26.7 Å². The van der Waals surface area contributed by atoms with Gasteiger partial charge in [0.1, 0.15) is 0 Å². The first-order valence-corrected chi connectivity index (χ1v) is 6.61. The second-order valence-electron chi connectivity index (χ2n) is 4.30. The Morgan fingerprint density at radius 1 is 1.28 bits per heavy atom. The van der Waals surface area contributed by atoms with Crippen LogP contribution in [-0.4, -0.2) is 24.6 Å². The molecule has 0 spiro atoms. The fraction of sp³-hybridized carbons (Fsp3) is 0.692. The molecule has 2 amide bonds. The summed E-state index contributed by atoms with van der Waals surface area (Å²) in [6.45, 7) is 6.16. The molecule has 0 saturated heterocycles.